The smallest absolute Gasteiger partial charge is 0.0105 e. The van der Waals surface area contributed by atoms with E-state index in [0.717, 1.165) is 6.04 Å². The summed E-state index contributed by atoms with van der Waals surface area (Å²) in [6, 6.07) is 0.935. The molecule has 9 heavy (non-hydrogen) atoms. The van der Waals surface area contributed by atoms with Crippen LogP contribution in [0.4, 0.5) is 0 Å². The van der Waals surface area contributed by atoms with Crippen molar-refractivity contribution in [2.45, 2.75) is 39.2 Å². The van der Waals surface area contributed by atoms with E-state index >= 15 is 0 Å². The van der Waals surface area contributed by atoms with E-state index in [1.165, 1.54) is 32.4 Å². The molecule has 0 radical (unpaired) electrons. The van der Waals surface area contributed by atoms with Crippen LogP contribution in [-0.4, -0.2) is 24.0 Å². The summed E-state index contributed by atoms with van der Waals surface area (Å²) < 4.78 is 0. The summed E-state index contributed by atoms with van der Waals surface area (Å²) in [4.78, 5) is 2.58. The van der Waals surface area contributed by atoms with Crippen molar-refractivity contribution in [2.75, 3.05) is 13.1 Å². The standard InChI is InChI=1S/C8H17N/c1-3-6-9-7-5-8(9)4-2/h8H,3-7H2,1-2H3. The van der Waals surface area contributed by atoms with Crippen LogP contribution in [0.1, 0.15) is 33.1 Å². The fraction of sp³-hybridized carbons (Fsp3) is 1.00. The van der Waals surface area contributed by atoms with E-state index in [1.807, 2.05) is 0 Å². The molecule has 1 atom stereocenters. The van der Waals surface area contributed by atoms with Gasteiger partial charge in [-0.1, -0.05) is 13.8 Å². The fourth-order valence-corrected chi connectivity index (χ4v) is 1.54. The Labute approximate surface area is 58.0 Å². The number of nitrogens with zero attached hydrogens (tertiary/aromatic N) is 1. The van der Waals surface area contributed by atoms with Gasteiger partial charge >= 0.3 is 0 Å². The molecule has 0 aromatic rings. The lowest BCUT2D eigenvalue weighted by molar-refractivity contribution is 0.0880. The van der Waals surface area contributed by atoms with Crippen molar-refractivity contribution in [1.29, 1.82) is 0 Å². The van der Waals surface area contributed by atoms with Gasteiger partial charge in [-0.15, -0.1) is 0 Å². The molecule has 0 spiro atoms. The summed E-state index contributed by atoms with van der Waals surface area (Å²) in [5, 5.41) is 0. The SMILES string of the molecule is CCCN1CCC1CC. The molecule has 1 rings (SSSR count). The molecule has 54 valence electrons. The van der Waals surface area contributed by atoms with Crippen molar-refractivity contribution in [3.63, 3.8) is 0 Å². The molecule has 0 bridgehead atoms. The van der Waals surface area contributed by atoms with Crippen molar-refractivity contribution in [1.82, 2.24) is 4.90 Å². The van der Waals surface area contributed by atoms with Crippen molar-refractivity contribution in [2.24, 2.45) is 0 Å². The summed E-state index contributed by atoms with van der Waals surface area (Å²) in [5.74, 6) is 0. The third-order valence-corrected chi connectivity index (χ3v) is 2.25. The maximum atomic E-state index is 2.58. The molecular formula is C8H17N. The van der Waals surface area contributed by atoms with E-state index in [4.69, 9.17) is 0 Å². The minimum absolute atomic E-state index is 0.935. The van der Waals surface area contributed by atoms with Crippen molar-refractivity contribution in [3.05, 3.63) is 0 Å². The van der Waals surface area contributed by atoms with Gasteiger partial charge in [-0.3, -0.25) is 0 Å². The predicted octanol–water partition coefficient (Wildman–Crippen LogP) is 1.88. The third-order valence-electron chi connectivity index (χ3n) is 2.25. The first-order valence-electron chi connectivity index (χ1n) is 4.12. The molecule has 1 nitrogen and oxygen atoms in total. The molecule has 0 amide bonds. The Morgan fingerprint density at radius 2 is 2.22 bits per heavy atom. The molecule has 1 aliphatic heterocycles. The van der Waals surface area contributed by atoms with Crippen molar-refractivity contribution >= 4 is 0 Å². The Morgan fingerprint density at radius 1 is 1.44 bits per heavy atom. The lowest BCUT2D eigenvalue weighted by Gasteiger charge is -2.40. The Morgan fingerprint density at radius 3 is 2.56 bits per heavy atom. The average molecular weight is 127 g/mol. The van der Waals surface area contributed by atoms with Crippen molar-refractivity contribution < 1.29 is 0 Å². The fourth-order valence-electron chi connectivity index (χ4n) is 1.54. The van der Waals surface area contributed by atoms with Gasteiger partial charge in [0.05, 0.1) is 0 Å². The van der Waals surface area contributed by atoms with E-state index in [1.54, 1.807) is 0 Å². The largest absolute Gasteiger partial charge is 0.300 e. The van der Waals surface area contributed by atoms with Gasteiger partial charge in [-0.05, 0) is 32.4 Å². The van der Waals surface area contributed by atoms with Gasteiger partial charge < -0.3 is 4.90 Å². The molecule has 1 unspecified atom stereocenters. The molecule has 1 saturated heterocycles. The number of likely N-dealkylation sites (tertiary alicyclic amines) is 1. The van der Waals surface area contributed by atoms with Crippen LogP contribution in [0.3, 0.4) is 0 Å². The first kappa shape index (κ1) is 7.07. The zero-order chi connectivity index (χ0) is 6.69. The summed E-state index contributed by atoms with van der Waals surface area (Å²) in [7, 11) is 0. The highest BCUT2D eigenvalue weighted by Gasteiger charge is 2.24. The molecule has 0 aliphatic carbocycles. The molecule has 1 fully saturated rings. The number of rotatable bonds is 3. The van der Waals surface area contributed by atoms with Gasteiger partial charge in [0.1, 0.15) is 0 Å². The highest BCUT2D eigenvalue weighted by molar-refractivity contribution is 4.80. The highest BCUT2D eigenvalue weighted by Crippen LogP contribution is 2.19. The monoisotopic (exact) mass is 127 g/mol. The number of hydrogen-bond donors (Lipinski definition) is 0. The third kappa shape index (κ3) is 1.45. The second-order valence-corrected chi connectivity index (χ2v) is 2.89. The van der Waals surface area contributed by atoms with Crippen LogP contribution in [0, 0.1) is 0 Å². The lowest BCUT2D eigenvalue weighted by atomic mass is 10.0. The second-order valence-electron chi connectivity index (χ2n) is 2.89. The van der Waals surface area contributed by atoms with E-state index in [2.05, 4.69) is 18.7 Å². The molecule has 0 saturated carbocycles. The molecule has 1 heterocycles. The van der Waals surface area contributed by atoms with Gasteiger partial charge in [-0.2, -0.15) is 0 Å². The van der Waals surface area contributed by atoms with E-state index in [-0.39, 0.29) is 0 Å². The van der Waals surface area contributed by atoms with E-state index in [0.29, 0.717) is 0 Å². The molecule has 1 heteroatoms. The van der Waals surface area contributed by atoms with Crippen LogP contribution in [0.5, 0.6) is 0 Å². The topological polar surface area (TPSA) is 3.24 Å². The second kappa shape index (κ2) is 3.21. The van der Waals surface area contributed by atoms with Crippen LogP contribution in [0.25, 0.3) is 0 Å². The zero-order valence-electron chi connectivity index (χ0n) is 6.56. The Hall–Kier alpha value is -0.0400. The van der Waals surface area contributed by atoms with Gasteiger partial charge in [0.15, 0.2) is 0 Å². The number of hydrogen-bond acceptors (Lipinski definition) is 1. The maximum Gasteiger partial charge on any atom is 0.0105 e. The average Bonchev–Trinajstić information content (AvgIpc) is 1.82. The molecule has 0 N–H and O–H groups in total. The Kier molecular flexibility index (Phi) is 2.52. The molecule has 0 aromatic carbocycles. The van der Waals surface area contributed by atoms with Crippen molar-refractivity contribution in [3.8, 4) is 0 Å². The molecular weight excluding hydrogens is 110 g/mol. The Balaban J connectivity index is 2.11. The van der Waals surface area contributed by atoms with Crippen LogP contribution in [-0.2, 0) is 0 Å². The highest BCUT2D eigenvalue weighted by atomic mass is 15.2. The first-order valence-corrected chi connectivity index (χ1v) is 4.12. The quantitative estimate of drug-likeness (QED) is 0.559. The van der Waals surface area contributed by atoms with Gasteiger partial charge in [0.25, 0.3) is 0 Å². The molecule has 0 aromatic heterocycles. The van der Waals surface area contributed by atoms with E-state index < -0.39 is 0 Å². The lowest BCUT2D eigenvalue weighted by Crippen LogP contribution is -2.47. The minimum atomic E-state index is 0.935. The van der Waals surface area contributed by atoms with Crippen LogP contribution < -0.4 is 0 Å². The summed E-state index contributed by atoms with van der Waals surface area (Å²) in [5.41, 5.74) is 0. The summed E-state index contributed by atoms with van der Waals surface area (Å²) in [6.45, 7) is 7.21. The zero-order valence-corrected chi connectivity index (χ0v) is 6.56. The normalized spacial score (nSPS) is 28.0. The van der Waals surface area contributed by atoms with Crippen LogP contribution in [0.2, 0.25) is 0 Å². The van der Waals surface area contributed by atoms with Crippen LogP contribution in [0.15, 0.2) is 0 Å². The molecule has 1 aliphatic rings. The first-order chi connectivity index (χ1) is 4.38. The van der Waals surface area contributed by atoms with Gasteiger partial charge in [0.2, 0.25) is 0 Å². The summed E-state index contributed by atoms with van der Waals surface area (Å²) in [6.07, 6.45) is 4.10. The van der Waals surface area contributed by atoms with Gasteiger partial charge in [-0.25, -0.2) is 0 Å². The van der Waals surface area contributed by atoms with Gasteiger partial charge in [0, 0.05) is 6.04 Å². The maximum absolute atomic E-state index is 2.58. The van der Waals surface area contributed by atoms with Crippen LogP contribution >= 0.6 is 0 Å². The van der Waals surface area contributed by atoms with E-state index in [9.17, 15) is 0 Å². The summed E-state index contributed by atoms with van der Waals surface area (Å²) >= 11 is 0. The Bertz CT molecular complexity index is 78.6. The minimum Gasteiger partial charge on any atom is -0.300 e. The predicted molar refractivity (Wildman–Crippen MR) is 40.6 cm³/mol.